The van der Waals surface area contributed by atoms with Crippen molar-refractivity contribution in [1.29, 1.82) is 0 Å². The molecule has 2 N–H and O–H groups in total. The number of benzene rings is 2. The van der Waals surface area contributed by atoms with Crippen LogP contribution in [-0.2, 0) is 16.4 Å². The molecule has 1 heterocycles. The number of H-pyrrole nitrogens is 1. The number of rotatable bonds is 5. The van der Waals surface area contributed by atoms with E-state index in [4.69, 9.17) is 11.6 Å². The van der Waals surface area contributed by atoms with Crippen LogP contribution in [0.3, 0.4) is 0 Å². The average molecular weight is 371 g/mol. The second kappa shape index (κ2) is 6.51. The second-order valence-electron chi connectivity index (χ2n) is 5.23. The summed E-state index contributed by atoms with van der Waals surface area (Å²) in [4.78, 5) is 2.82. The molecular formula is C16H13ClF2N2O2S. The van der Waals surface area contributed by atoms with Gasteiger partial charge in [0.15, 0.2) is 0 Å². The fourth-order valence-corrected chi connectivity index (χ4v) is 4.01. The van der Waals surface area contributed by atoms with Crippen molar-refractivity contribution in [3.8, 4) is 0 Å². The van der Waals surface area contributed by atoms with Crippen LogP contribution in [0.4, 0.5) is 8.78 Å². The van der Waals surface area contributed by atoms with Crippen molar-refractivity contribution in [2.45, 2.75) is 11.3 Å². The molecule has 2 aromatic carbocycles. The number of fused-ring (bicyclic) bond motifs is 1. The van der Waals surface area contributed by atoms with Gasteiger partial charge in [-0.05, 0) is 48.4 Å². The Morgan fingerprint density at radius 3 is 2.54 bits per heavy atom. The summed E-state index contributed by atoms with van der Waals surface area (Å²) < 4.78 is 53.2. The Kier molecular flexibility index (Phi) is 4.58. The monoisotopic (exact) mass is 370 g/mol. The first-order valence-corrected chi connectivity index (χ1v) is 8.93. The Bertz CT molecular complexity index is 1000. The number of nitrogens with one attached hydrogen (secondary N) is 2. The van der Waals surface area contributed by atoms with Gasteiger partial charge in [-0.15, -0.1) is 0 Å². The lowest BCUT2D eigenvalue weighted by Gasteiger charge is -2.08. The second-order valence-corrected chi connectivity index (χ2v) is 7.37. The lowest BCUT2D eigenvalue weighted by Crippen LogP contribution is -2.26. The number of sulfonamides is 1. The number of aromatic amines is 1. The molecule has 0 aliphatic heterocycles. The van der Waals surface area contributed by atoms with Gasteiger partial charge in [-0.2, -0.15) is 0 Å². The summed E-state index contributed by atoms with van der Waals surface area (Å²) >= 11 is 5.78. The summed E-state index contributed by atoms with van der Waals surface area (Å²) in [5.41, 5.74) is 1.56. The molecule has 126 valence electrons. The van der Waals surface area contributed by atoms with Gasteiger partial charge in [-0.25, -0.2) is 21.9 Å². The van der Waals surface area contributed by atoms with Crippen molar-refractivity contribution in [2.75, 3.05) is 6.54 Å². The van der Waals surface area contributed by atoms with E-state index in [2.05, 4.69) is 9.71 Å². The first-order chi connectivity index (χ1) is 11.4. The maximum absolute atomic E-state index is 13.3. The van der Waals surface area contributed by atoms with Crippen molar-refractivity contribution >= 4 is 32.5 Å². The molecule has 0 fully saturated rings. The molecule has 4 nitrogen and oxygen atoms in total. The summed E-state index contributed by atoms with van der Waals surface area (Å²) in [6.07, 6.45) is 2.07. The van der Waals surface area contributed by atoms with Gasteiger partial charge in [-0.3, -0.25) is 0 Å². The van der Waals surface area contributed by atoms with Crippen LogP contribution in [0, 0.1) is 11.6 Å². The molecule has 3 rings (SSSR count). The fraction of sp³-hybridized carbons (Fsp3) is 0.125. The minimum absolute atomic E-state index is 0.0967. The molecule has 1 aromatic heterocycles. The Balaban J connectivity index is 1.74. The Morgan fingerprint density at radius 1 is 1.08 bits per heavy atom. The van der Waals surface area contributed by atoms with E-state index in [1.165, 1.54) is 12.1 Å². The lowest BCUT2D eigenvalue weighted by atomic mass is 10.1. The molecule has 0 saturated carbocycles. The number of aromatic nitrogens is 1. The largest absolute Gasteiger partial charge is 0.361 e. The van der Waals surface area contributed by atoms with Crippen LogP contribution in [0.5, 0.6) is 0 Å². The van der Waals surface area contributed by atoms with E-state index in [0.717, 1.165) is 29.3 Å². The van der Waals surface area contributed by atoms with Crippen molar-refractivity contribution in [2.24, 2.45) is 0 Å². The van der Waals surface area contributed by atoms with Crippen LogP contribution < -0.4 is 4.72 Å². The highest BCUT2D eigenvalue weighted by molar-refractivity contribution is 7.89. The zero-order valence-corrected chi connectivity index (χ0v) is 13.9. The molecule has 0 aliphatic carbocycles. The highest BCUT2D eigenvalue weighted by atomic mass is 35.5. The molecule has 0 bridgehead atoms. The average Bonchev–Trinajstić information content (AvgIpc) is 2.89. The highest BCUT2D eigenvalue weighted by Gasteiger charge is 2.18. The number of halogens is 3. The predicted molar refractivity (Wildman–Crippen MR) is 88.6 cm³/mol. The van der Waals surface area contributed by atoms with E-state index < -0.39 is 15.8 Å². The SMILES string of the molecule is O=S(=O)(NCCc1c[nH]c2ccc(F)cc12)c1ccc(F)cc1Cl. The highest BCUT2D eigenvalue weighted by Crippen LogP contribution is 2.23. The van der Waals surface area contributed by atoms with Crippen molar-refractivity contribution < 1.29 is 17.2 Å². The molecule has 0 amide bonds. The minimum atomic E-state index is -3.86. The predicted octanol–water partition coefficient (Wildman–Crippen LogP) is 3.62. The zero-order valence-electron chi connectivity index (χ0n) is 12.3. The van der Waals surface area contributed by atoms with Crippen molar-refractivity contribution in [3.63, 3.8) is 0 Å². The molecule has 24 heavy (non-hydrogen) atoms. The van der Waals surface area contributed by atoms with Gasteiger partial charge in [0.2, 0.25) is 10.0 Å². The van der Waals surface area contributed by atoms with E-state index >= 15 is 0 Å². The molecule has 0 atom stereocenters. The maximum atomic E-state index is 13.3. The summed E-state index contributed by atoms with van der Waals surface area (Å²) in [5, 5.41) is 0.519. The van der Waals surface area contributed by atoms with Gasteiger partial charge in [0.25, 0.3) is 0 Å². The van der Waals surface area contributed by atoms with Gasteiger partial charge < -0.3 is 4.98 Å². The Morgan fingerprint density at radius 2 is 1.79 bits per heavy atom. The number of hydrogen-bond acceptors (Lipinski definition) is 2. The summed E-state index contributed by atoms with van der Waals surface area (Å²) in [7, 11) is -3.86. The Labute approximate surface area is 142 Å². The molecular weight excluding hydrogens is 358 g/mol. The minimum Gasteiger partial charge on any atom is -0.361 e. The van der Waals surface area contributed by atoms with Gasteiger partial charge >= 0.3 is 0 Å². The smallest absolute Gasteiger partial charge is 0.242 e. The lowest BCUT2D eigenvalue weighted by molar-refractivity contribution is 0.581. The summed E-state index contributed by atoms with van der Waals surface area (Å²) in [6.45, 7) is 0.0967. The zero-order chi connectivity index (χ0) is 17.3. The number of hydrogen-bond donors (Lipinski definition) is 2. The summed E-state index contributed by atoms with van der Waals surface area (Å²) in [6, 6.07) is 7.45. The molecule has 3 aromatic rings. The van der Waals surface area contributed by atoms with Crippen LogP contribution in [0.25, 0.3) is 10.9 Å². The van der Waals surface area contributed by atoms with E-state index in [9.17, 15) is 17.2 Å². The molecule has 8 heteroatoms. The van der Waals surface area contributed by atoms with Gasteiger partial charge in [-0.1, -0.05) is 11.6 Å². The van der Waals surface area contributed by atoms with Crippen LogP contribution in [0.1, 0.15) is 5.56 Å². The van der Waals surface area contributed by atoms with Crippen molar-refractivity contribution in [1.82, 2.24) is 9.71 Å². The third kappa shape index (κ3) is 3.43. The topological polar surface area (TPSA) is 62.0 Å². The quantitative estimate of drug-likeness (QED) is 0.720. The summed E-state index contributed by atoms with van der Waals surface area (Å²) in [5.74, 6) is -0.971. The van der Waals surface area contributed by atoms with Gasteiger partial charge in [0, 0.05) is 23.6 Å². The van der Waals surface area contributed by atoms with Crippen molar-refractivity contribution in [3.05, 3.63) is 64.8 Å². The third-order valence-corrected chi connectivity index (χ3v) is 5.54. The van der Waals surface area contributed by atoms with Gasteiger partial charge in [0.05, 0.1) is 5.02 Å². The van der Waals surface area contributed by atoms with Crippen LogP contribution in [0.2, 0.25) is 5.02 Å². The van der Waals surface area contributed by atoms with E-state index in [0.29, 0.717) is 11.8 Å². The Hall–Kier alpha value is -1.96. The fourth-order valence-electron chi connectivity index (χ4n) is 2.45. The van der Waals surface area contributed by atoms with E-state index in [1.807, 2.05) is 0 Å². The van der Waals surface area contributed by atoms with Crippen LogP contribution in [0.15, 0.2) is 47.5 Å². The standard InChI is InChI=1S/C16H13ClF2N2O2S/c17-14-8-12(19)2-4-16(14)24(22,23)21-6-5-10-9-20-15-3-1-11(18)7-13(10)15/h1-4,7-9,20-21H,5-6H2. The molecule has 0 radical (unpaired) electrons. The molecule has 0 unspecified atom stereocenters. The van der Waals surface area contributed by atoms with Crippen LogP contribution >= 0.6 is 11.6 Å². The third-order valence-electron chi connectivity index (χ3n) is 3.60. The van der Waals surface area contributed by atoms with Gasteiger partial charge in [0.1, 0.15) is 16.5 Å². The normalized spacial score (nSPS) is 12.0. The molecule has 0 saturated heterocycles. The van der Waals surface area contributed by atoms with E-state index in [-0.39, 0.29) is 22.3 Å². The first kappa shape index (κ1) is 16.9. The van der Waals surface area contributed by atoms with Crippen LogP contribution in [-0.4, -0.2) is 19.9 Å². The van der Waals surface area contributed by atoms with E-state index in [1.54, 1.807) is 12.3 Å². The maximum Gasteiger partial charge on any atom is 0.242 e. The molecule has 0 aliphatic rings. The molecule has 0 spiro atoms. The first-order valence-electron chi connectivity index (χ1n) is 7.07.